The standard InChI is InChI=1S/C13H25NO/c1-10-6-7-12(14)13(8-10)15-9-11-4-2-3-5-11/h10-13H,2-9,14H2,1H3. The molecule has 2 aliphatic carbocycles. The molecule has 0 bridgehead atoms. The maximum atomic E-state index is 6.10. The van der Waals surface area contributed by atoms with Gasteiger partial charge < -0.3 is 10.5 Å². The summed E-state index contributed by atoms with van der Waals surface area (Å²) in [6.45, 7) is 3.28. The highest BCUT2D eigenvalue weighted by Gasteiger charge is 2.27. The van der Waals surface area contributed by atoms with Crippen LogP contribution in [0.3, 0.4) is 0 Å². The second kappa shape index (κ2) is 5.31. The summed E-state index contributed by atoms with van der Waals surface area (Å²) in [5, 5.41) is 0. The van der Waals surface area contributed by atoms with Crippen LogP contribution < -0.4 is 5.73 Å². The third-order valence-corrected chi connectivity index (χ3v) is 4.13. The molecule has 3 unspecified atom stereocenters. The molecular weight excluding hydrogens is 186 g/mol. The maximum Gasteiger partial charge on any atom is 0.0728 e. The van der Waals surface area contributed by atoms with Gasteiger partial charge in [0.1, 0.15) is 0 Å². The number of hydrogen-bond donors (Lipinski definition) is 1. The second-order valence-corrected chi connectivity index (χ2v) is 5.60. The molecular formula is C13H25NO. The van der Waals surface area contributed by atoms with Crippen molar-refractivity contribution < 1.29 is 4.74 Å². The van der Waals surface area contributed by atoms with Crippen LogP contribution in [0.4, 0.5) is 0 Å². The number of ether oxygens (including phenoxy) is 1. The molecule has 0 aromatic heterocycles. The van der Waals surface area contributed by atoms with Gasteiger partial charge in [0.15, 0.2) is 0 Å². The molecule has 2 fully saturated rings. The van der Waals surface area contributed by atoms with Crippen LogP contribution in [0.5, 0.6) is 0 Å². The Balaban J connectivity index is 1.72. The molecule has 3 atom stereocenters. The van der Waals surface area contributed by atoms with Crippen molar-refractivity contribution in [3.63, 3.8) is 0 Å². The molecule has 2 heteroatoms. The highest BCUT2D eigenvalue weighted by Crippen LogP contribution is 2.28. The Kier molecular flexibility index (Phi) is 4.04. The summed E-state index contributed by atoms with van der Waals surface area (Å²) in [6, 6.07) is 0.294. The number of hydrogen-bond acceptors (Lipinski definition) is 2. The predicted octanol–water partition coefficient (Wildman–Crippen LogP) is 2.71. The van der Waals surface area contributed by atoms with Crippen LogP contribution in [0.25, 0.3) is 0 Å². The van der Waals surface area contributed by atoms with E-state index in [0.717, 1.165) is 24.9 Å². The minimum atomic E-state index is 0.294. The largest absolute Gasteiger partial charge is 0.376 e. The molecule has 2 nitrogen and oxygen atoms in total. The van der Waals surface area contributed by atoms with Crippen molar-refractivity contribution in [2.45, 2.75) is 64.0 Å². The van der Waals surface area contributed by atoms with Gasteiger partial charge in [0.25, 0.3) is 0 Å². The zero-order valence-corrected chi connectivity index (χ0v) is 9.95. The average Bonchev–Trinajstić information content (AvgIpc) is 2.72. The second-order valence-electron chi connectivity index (χ2n) is 5.60. The van der Waals surface area contributed by atoms with E-state index in [0.29, 0.717) is 12.1 Å². The van der Waals surface area contributed by atoms with Crippen LogP contribution in [0.2, 0.25) is 0 Å². The third kappa shape index (κ3) is 3.18. The van der Waals surface area contributed by atoms with Crippen molar-refractivity contribution in [2.24, 2.45) is 17.6 Å². The summed E-state index contributed by atoms with van der Waals surface area (Å²) in [7, 11) is 0. The van der Waals surface area contributed by atoms with E-state index in [2.05, 4.69) is 6.92 Å². The van der Waals surface area contributed by atoms with Crippen molar-refractivity contribution in [1.29, 1.82) is 0 Å². The summed E-state index contributed by atoms with van der Waals surface area (Å²) in [5.41, 5.74) is 6.10. The molecule has 0 amide bonds. The molecule has 0 saturated heterocycles. The summed E-state index contributed by atoms with van der Waals surface area (Å²) >= 11 is 0. The van der Waals surface area contributed by atoms with Gasteiger partial charge in [-0.3, -0.25) is 0 Å². The van der Waals surface area contributed by atoms with Crippen LogP contribution >= 0.6 is 0 Å². The van der Waals surface area contributed by atoms with E-state index in [1.807, 2.05) is 0 Å². The molecule has 0 aromatic carbocycles. The number of nitrogens with two attached hydrogens (primary N) is 1. The zero-order valence-electron chi connectivity index (χ0n) is 9.95. The van der Waals surface area contributed by atoms with Gasteiger partial charge in [-0.05, 0) is 43.9 Å². The first-order valence-electron chi connectivity index (χ1n) is 6.63. The lowest BCUT2D eigenvalue weighted by Crippen LogP contribution is -2.42. The minimum Gasteiger partial charge on any atom is -0.376 e. The molecule has 0 spiro atoms. The van der Waals surface area contributed by atoms with Crippen molar-refractivity contribution in [1.82, 2.24) is 0 Å². The first-order valence-corrected chi connectivity index (χ1v) is 6.63. The van der Waals surface area contributed by atoms with Gasteiger partial charge in [-0.25, -0.2) is 0 Å². The smallest absolute Gasteiger partial charge is 0.0728 e. The Morgan fingerprint density at radius 2 is 1.87 bits per heavy atom. The van der Waals surface area contributed by atoms with Gasteiger partial charge in [0.05, 0.1) is 6.10 Å². The van der Waals surface area contributed by atoms with E-state index in [1.54, 1.807) is 0 Å². The van der Waals surface area contributed by atoms with Crippen molar-refractivity contribution in [3.8, 4) is 0 Å². The Morgan fingerprint density at radius 3 is 2.60 bits per heavy atom. The summed E-state index contributed by atoms with van der Waals surface area (Å²) in [4.78, 5) is 0. The molecule has 0 heterocycles. The fraction of sp³-hybridized carbons (Fsp3) is 1.00. The lowest BCUT2D eigenvalue weighted by Gasteiger charge is -2.33. The molecule has 15 heavy (non-hydrogen) atoms. The van der Waals surface area contributed by atoms with Gasteiger partial charge >= 0.3 is 0 Å². The minimum absolute atomic E-state index is 0.294. The lowest BCUT2D eigenvalue weighted by atomic mass is 9.85. The highest BCUT2D eigenvalue weighted by molar-refractivity contribution is 4.82. The molecule has 2 aliphatic rings. The molecule has 2 N–H and O–H groups in total. The normalized spacial score (nSPS) is 38.4. The lowest BCUT2D eigenvalue weighted by molar-refractivity contribution is -0.0139. The third-order valence-electron chi connectivity index (χ3n) is 4.13. The molecule has 88 valence electrons. The zero-order chi connectivity index (χ0) is 10.7. The van der Waals surface area contributed by atoms with Crippen molar-refractivity contribution in [3.05, 3.63) is 0 Å². The average molecular weight is 211 g/mol. The van der Waals surface area contributed by atoms with E-state index >= 15 is 0 Å². The first-order chi connectivity index (χ1) is 7.25. The van der Waals surface area contributed by atoms with E-state index < -0.39 is 0 Å². The summed E-state index contributed by atoms with van der Waals surface area (Å²) < 4.78 is 6.02. The fourth-order valence-electron chi connectivity index (χ4n) is 2.98. The summed E-state index contributed by atoms with van der Waals surface area (Å²) in [5.74, 6) is 1.63. The van der Waals surface area contributed by atoms with E-state index in [1.165, 1.54) is 38.5 Å². The fourth-order valence-corrected chi connectivity index (χ4v) is 2.98. The maximum absolute atomic E-state index is 6.10. The van der Waals surface area contributed by atoms with Crippen LogP contribution in [0, 0.1) is 11.8 Å². The Hall–Kier alpha value is -0.0800. The Bertz CT molecular complexity index is 189. The molecule has 2 saturated carbocycles. The van der Waals surface area contributed by atoms with Gasteiger partial charge in [-0.1, -0.05) is 19.8 Å². The quantitative estimate of drug-likeness (QED) is 0.779. The van der Waals surface area contributed by atoms with E-state index in [9.17, 15) is 0 Å². The van der Waals surface area contributed by atoms with Crippen LogP contribution in [-0.2, 0) is 4.74 Å². The molecule has 0 aliphatic heterocycles. The topological polar surface area (TPSA) is 35.2 Å². The van der Waals surface area contributed by atoms with Gasteiger partial charge in [-0.2, -0.15) is 0 Å². The van der Waals surface area contributed by atoms with E-state index in [-0.39, 0.29) is 0 Å². The van der Waals surface area contributed by atoms with E-state index in [4.69, 9.17) is 10.5 Å². The van der Waals surface area contributed by atoms with Crippen LogP contribution in [-0.4, -0.2) is 18.8 Å². The Labute approximate surface area is 93.6 Å². The molecule has 2 rings (SSSR count). The van der Waals surface area contributed by atoms with Gasteiger partial charge in [0, 0.05) is 12.6 Å². The molecule has 0 aromatic rings. The Morgan fingerprint density at radius 1 is 1.13 bits per heavy atom. The van der Waals surface area contributed by atoms with Crippen LogP contribution in [0.1, 0.15) is 51.9 Å². The first kappa shape index (κ1) is 11.4. The van der Waals surface area contributed by atoms with Gasteiger partial charge in [0.2, 0.25) is 0 Å². The highest BCUT2D eigenvalue weighted by atomic mass is 16.5. The van der Waals surface area contributed by atoms with Crippen molar-refractivity contribution >= 4 is 0 Å². The predicted molar refractivity (Wildman–Crippen MR) is 62.7 cm³/mol. The monoisotopic (exact) mass is 211 g/mol. The molecule has 0 radical (unpaired) electrons. The SMILES string of the molecule is CC1CCC(N)C(OCC2CCCC2)C1. The van der Waals surface area contributed by atoms with Gasteiger partial charge in [-0.15, -0.1) is 0 Å². The van der Waals surface area contributed by atoms with Crippen molar-refractivity contribution in [2.75, 3.05) is 6.61 Å². The number of rotatable bonds is 3. The summed E-state index contributed by atoms with van der Waals surface area (Å²) in [6.07, 6.45) is 9.50. The van der Waals surface area contributed by atoms with Crippen LogP contribution in [0.15, 0.2) is 0 Å².